The number of nitro groups is 1. The summed E-state index contributed by atoms with van der Waals surface area (Å²) in [5.74, 6) is -0.314. The highest BCUT2D eigenvalue weighted by atomic mass is 32.2. The summed E-state index contributed by atoms with van der Waals surface area (Å²) in [5.41, 5.74) is -0.453. The van der Waals surface area contributed by atoms with Crippen LogP contribution >= 0.6 is 0 Å². The minimum atomic E-state index is -3.77. The second-order valence-corrected chi connectivity index (χ2v) is 9.37. The second kappa shape index (κ2) is 9.53. The molecule has 2 saturated heterocycles. The van der Waals surface area contributed by atoms with Crippen LogP contribution in [0.15, 0.2) is 23.1 Å². The average Bonchev–Trinajstić information content (AvgIpc) is 3.21. The Balaban J connectivity index is 1.72. The zero-order valence-electron chi connectivity index (χ0n) is 16.4. The van der Waals surface area contributed by atoms with E-state index in [9.17, 15) is 23.3 Å². The number of ether oxygens (including phenoxy) is 1. The van der Waals surface area contributed by atoms with E-state index in [0.717, 1.165) is 44.6 Å². The summed E-state index contributed by atoms with van der Waals surface area (Å²) in [4.78, 5) is 24.8. The number of nitrogens with zero attached hydrogens (tertiary/aromatic N) is 3. The first-order valence-corrected chi connectivity index (χ1v) is 11.5. The molecule has 160 valence electrons. The molecule has 3 rings (SSSR count). The van der Waals surface area contributed by atoms with E-state index in [2.05, 4.69) is 0 Å². The number of hydrogen-bond acceptors (Lipinski definition) is 6. The third-order valence-electron chi connectivity index (χ3n) is 5.39. The molecule has 0 bridgehead atoms. The molecule has 0 unspecified atom stereocenters. The van der Waals surface area contributed by atoms with Gasteiger partial charge in [0.2, 0.25) is 10.0 Å². The molecule has 1 aromatic rings. The molecule has 0 N–H and O–H groups in total. The van der Waals surface area contributed by atoms with Gasteiger partial charge in [-0.1, -0.05) is 19.3 Å². The van der Waals surface area contributed by atoms with Crippen molar-refractivity contribution >= 4 is 21.6 Å². The first-order chi connectivity index (χ1) is 13.9. The largest absolute Gasteiger partial charge is 0.477 e. The van der Waals surface area contributed by atoms with Crippen molar-refractivity contribution in [3.63, 3.8) is 0 Å². The predicted octanol–water partition coefficient (Wildman–Crippen LogP) is 2.55. The minimum Gasteiger partial charge on any atom is -0.477 e. The molecule has 0 radical (unpaired) electrons. The average molecular weight is 426 g/mol. The number of rotatable bonds is 6. The fraction of sp³-hybridized carbons (Fsp3) is 0.632. The number of benzene rings is 1. The van der Waals surface area contributed by atoms with Gasteiger partial charge in [-0.2, -0.15) is 4.31 Å². The Morgan fingerprint density at radius 3 is 2.21 bits per heavy atom. The standard InChI is InChI=1S/C19H27N3O6S/c23-19(20-10-4-2-1-3-5-11-20)15-28-18-9-8-16(14-17(18)22(24)25)29(26,27)21-12-6-7-13-21/h8-9,14H,1-7,10-13,15H2. The van der Waals surface area contributed by atoms with Crippen LogP contribution in [0.2, 0.25) is 0 Å². The number of carbonyl (C=O) groups is 1. The Labute approximate surface area is 170 Å². The smallest absolute Gasteiger partial charge is 0.312 e. The lowest BCUT2D eigenvalue weighted by molar-refractivity contribution is -0.386. The van der Waals surface area contributed by atoms with Crippen LogP contribution in [0.5, 0.6) is 5.75 Å². The van der Waals surface area contributed by atoms with E-state index >= 15 is 0 Å². The van der Waals surface area contributed by atoms with E-state index in [4.69, 9.17) is 4.74 Å². The molecule has 0 spiro atoms. The summed E-state index contributed by atoms with van der Waals surface area (Å²) in [5, 5.41) is 11.5. The highest BCUT2D eigenvalue weighted by Gasteiger charge is 2.30. The van der Waals surface area contributed by atoms with E-state index < -0.39 is 20.6 Å². The number of sulfonamides is 1. The summed E-state index contributed by atoms with van der Waals surface area (Å²) < 4.78 is 32.1. The second-order valence-electron chi connectivity index (χ2n) is 7.44. The van der Waals surface area contributed by atoms with Gasteiger partial charge in [-0.3, -0.25) is 14.9 Å². The summed E-state index contributed by atoms with van der Waals surface area (Å²) >= 11 is 0. The van der Waals surface area contributed by atoms with Gasteiger partial charge in [-0.05, 0) is 37.8 Å². The lowest BCUT2D eigenvalue weighted by Gasteiger charge is -2.24. The number of hydrogen-bond donors (Lipinski definition) is 0. The number of amides is 1. The van der Waals surface area contributed by atoms with Crippen molar-refractivity contribution in [1.29, 1.82) is 0 Å². The molecule has 9 nitrogen and oxygen atoms in total. The van der Waals surface area contributed by atoms with Gasteiger partial charge in [-0.15, -0.1) is 0 Å². The maximum absolute atomic E-state index is 12.7. The summed E-state index contributed by atoms with van der Waals surface area (Å²) in [6, 6.07) is 3.59. The fourth-order valence-corrected chi connectivity index (χ4v) is 5.27. The third kappa shape index (κ3) is 5.24. The van der Waals surface area contributed by atoms with Gasteiger partial charge in [0.25, 0.3) is 5.91 Å². The molecule has 0 saturated carbocycles. The van der Waals surface area contributed by atoms with Crippen LogP contribution in [-0.4, -0.2) is 61.2 Å². The van der Waals surface area contributed by atoms with Crippen molar-refractivity contribution in [2.24, 2.45) is 0 Å². The number of likely N-dealkylation sites (tertiary alicyclic amines) is 1. The molecule has 0 aliphatic carbocycles. The molecule has 2 aliphatic rings. The maximum Gasteiger partial charge on any atom is 0.312 e. The fourth-order valence-electron chi connectivity index (χ4n) is 3.73. The van der Waals surface area contributed by atoms with Gasteiger partial charge in [0, 0.05) is 32.2 Å². The Morgan fingerprint density at radius 2 is 1.59 bits per heavy atom. The van der Waals surface area contributed by atoms with E-state index in [1.165, 1.54) is 22.9 Å². The Hall–Kier alpha value is -2.20. The van der Waals surface area contributed by atoms with Gasteiger partial charge in [0.1, 0.15) is 0 Å². The van der Waals surface area contributed by atoms with Crippen LogP contribution in [0.25, 0.3) is 0 Å². The molecular weight excluding hydrogens is 398 g/mol. The van der Waals surface area contributed by atoms with E-state index in [1.807, 2.05) is 0 Å². The molecule has 2 fully saturated rings. The van der Waals surface area contributed by atoms with Gasteiger partial charge in [0.05, 0.1) is 9.82 Å². The molecule has 0 aromatic heterocycles. The zero-order chi connectivity index (χ0) is 20.9. The monoisotopic (exact) mass is 425 g/mol. The summed E-state index contributed by atoms with van der Waals surface area (Å²) in [6.45, 7) is 1.85. The third-order valence-corrected chi connectivity index (χ3v) is 7.28. The van der Waals surface area contributed by atoms with E-state index in [0.29, 0.717) is 26.2 Å². The van der Waals surface area contributed by atoms with Crippen LogP contribution < -0.4 is 4.74 Å². The molecule has 0 atom stereocenters. The topological polar surface area (TPSA) is 110 Å². The van der Waals surface area contributed by atoms with E-state index in [-0.39, 0.29) is 23.2 Å². The highest BCUT2D eigenvalue weighted by molar-refractivity contribution is 7.89. The van der Waals surface area contributed by atoms with Gasteiger partial charge >= 0.3 is 5.69 Å². The van der Waals surface area contributed by atoms with Gasteiger partial charge in [0.15, 0.2) is 12.4 Å². The Morgan fingerprint density at radius 1 is 1.00 bits per heavy atom. The normalized spacial score (nSPS) is 18.8. The SMILES string of the molecule is O=C(COc1ccc(S(=O)(=O)N2CCCC2)cc1[N+](=O)[O-])N1CCCCCCC1. The summed E-state index contributed by atoms with van der Waals surface area (Å²) in [7, 11) is -3.77. The van der Waals surface area contributed by atoms with Gasteiger partial charge in [-0.25, -0.2) is 8.42 Å². The number of carbonyl (C=O) groups excluding carboxylic acids is 1. The van der Waals surface area contributed by atoms with Crippen LogP contribution in [0.3, 0.4) is 0 Å². The van der Waals surface area contributed by atoms with Crippen LogP contribution in [0, 0.1) is 10.1 Å². The Bertz CT molecular complexity index is 844. The molecule has 29 heavy (non-hydrogen) atoms. The molecular formula is C19H27N3O6S. The molecule has 1 amide bonds. The van der Waals surface area contributed by atoms with Crippen molar-refractivity contribution in [3.8, 4) is 5.75 Å². The minimum absolute atomic E-state index is 0.101. The highest BCUT2D eigenvalue weighted by Crippen LogP contribution is 2.31. The Kier molecular flexibility index (Phi) is 7.07. The van der Waals surface area contributed by atoms with Crippen molar-refractivity contribution < 1.29 is 22.9 Å². The quantitative estimate of drug-likeness (QED) is 0.512. The molecule has 2 heterocycles. The summed E-state index contributed by atoms with van der Waals surface area (Å²) in [6.07, 6.45) is 6.79. The number of nitro benzene ring substituents is 1. The first-order valence-electron chi connectivity index (χ1n) is 10.1. The lowest BCUT2D eigenvalue weighted by atomic mass is 10.1. The molecule has 10 heteroatoms. The predicted molar refractivity (Wildman–Crippen MR) is 106 cm³/mol. The first kappa shape index (κ1) is 21.5. The maximum atomic E-state index is 12.7. The lowest BCUT2D eigenvalue weighted by Crippen LogP contribution is -2.37. The van der Waals surface area contributed by atoms with Crippen LogP contribution in [0.4, 0.5) is 5.69 Å². The molecule has 1 aromatic carbocycles. The van der Waals surface area contributed by atoms with Crippen molar-refractivity contribution in [1.82, 2.24) is 9.21 Å². The molecule has 2 aliphatic heterocycles. The van der Waals surface area contributed by atoms with Crippen molar-refractivity contribution in [2.75, 3.05) is 32.8 Å². The van der Waals surface area contributed by atoms with Crippen LogP contribution in [-0.2, 0) is 14.8 Å². The van der Waals surface area contributed by atoms with Crippen LogP contribution in [0.1, 0.15) is 44.9 Å². The zero-order valence-corrected chi connectivity index (χ0v) is 17.2. The van der Waals surface area contributed by atoms with Crippen molar-refractivity contribution in [3.05, 3.63) is 28.3 Å². The van der Waals surface area contributed by atoms with E-state index in [1.54, 1.807) is 4.90 Å². The van der Waals surface area contributed by atoms with Gasteiger partial charge < -0.3 is 9.64 Å². The van der Waals surface area contributed by atoms with Crippen molar-refractivity contribution in [2.45, 2.75) is 49.8 Å².